The van der Waals surface area contributed by atoms with Gasteiger partial charge in [0.2, 0.25) is 0 Å². The van der Waals surface area contributed by atoms with Crippen LogP contribution < -0.4 is 0 Å². The number of hydrogen-bond acceptors (Lipinski definition) is 2. The van der Waals surface area contributed by atoms with Crippen LogP contribution in [0.1, 0.15) is 20.3 Å². The van der Waals surface area contributed by atoms with Crippen molar-refractivity contribution in [2.75, 3.05) is 6.61 Å². The van der Waals surface area contributed by atoms with Crippen molar-refractivity contribution in [1.82, 2.24) is 0 Å². The van der Waals surface area contributed by atoms with Gasteiger partial charge in [-0.1, -0.05) is 25.5 Å². The number of esters is 1. The van der Waals surface area contributed by atoms with Gasteiger partial charge < -0.3 is 4.74 Å². The molecule has 0 aromatic heterocycles. The molecule has 0 aliphatic heterocycles. The van der Waals surface area contributed by atoms with Gasteiger partial charge in [-0.25, -0.2) is 0 Å². The Balaban J connectivity index is 3.40. The Morgan fingerprint density at radius 1 is 1.75 bits per heavy atom. The van der Waals surface area contributed by atoms with E-state index in [0.717, 1.165) is 6.42 Å². The quantitative estimate of drug-likeness (QED) is 0.357. The van der Waals surface area contributed by atoms with Crippen LogP contribution in [0.15, 0.2) is 12.2 Å². The molecule has 12 heavy (non-hydrogen) atoms. The monoisotopic (exact) mass is 168 g/mol. The van der Waals surface area contributed by atoms with Crippen molar-refractivity contribution in [3.63, 3.8) is 0 Å². The number of hydrogen-bond donors (Lipinski definition) is 0. The maximum absolute atomic E-state index is 10.3. The van der Waals surface area contributed by atoms with E-state index in [1.165, 1.54) is 6.92 Å². The summed E-state index contributed by atoms with van der Waals surface area (Å²) in [6.07, 6.45) is 6.71. The van der Waals surface area contributed by atoms with Crippen molar-refractivity contribution in [3.05, 3.63) is 25.5 Å². The summed E-state index contributed by atoms with van der Waals surface area (Å²) in [5.41, 5.74) is 0. The van der Waals surface area contributed by atoms with E-state index in [1.807, 2.05) is 18.6 Å². The minimum absolute atomic E-state index is 0.240. The number of allylic oxidation sites excluding steroid dienone is 1. The first kappa shape index (κ1) is 11.1. The Bertz CT molecular complexity index is 150. The molecule has 0 unspecified atom stereocenters. The van der Waals surface area contributed by atoms with E-state index in [1.54, 1.807) is 0 Å². The first-order chi connectivity index (χ1) is 5.66. The molecule has 0 N–H and O–H groups in total. The van der Waals surface area contributed by atoms with Crippen LogP contribution in [0.5, 0.6) is 0 Å². The average Bonchev–Trinajstić information content (AvgIpc) is 1.98. The summed E-state index contributed by atoms with van der Waals surface area (Å²) >= 11 is 0. The molecule has 0 radical (unpaired) electrons. The number of carbonyl (C=O) groups is 1. The first-order valence-electron chi connectivity index (χ1n) is 4.07. The maximum atomic E-state index is 10.3. The summed E-state index contributed by atoms with van der Waals surface area (Å²) < 4.78 is 4.72. The summed E-state index contributed by atoms with van der Waals surface area (Å²) in [7, 11) is 0. The maximum Gasteiger partial charge on any atom is 0.302 e. The molecule has 0 aliphatic rings. The average molecular weight is 168 g/mol. The fourth-order valence-corrected chi connectivity index (χ4v) is 0.795. The van der Waals surface area contributed by atoms with Gasteiger partial charge in [-0.15, -0.1) is 6.92 Å². The van der Waals surface area contributed by atoms with E-state index in [4.69, 9.17) is 4.74 Å². The molecule has 0 bridgehead atoms. The number of carbonyl (C=O) groups excluding carboxylic acids is 1. The Morgan fingerprint density at radius 2 is 2.42 bits per heavy atom. The fraction of sp³-hybridized carbons (Fsp3) is 0.500. The van der Waals surface area contributed by atoms with Gasteiger partial charge in [0.05, 0.1) is 6.42 Å². The molecule has 0 saturated heterocycles. The number of rotatable bonds is 5. The van der Waals surface area contributed by atoms with Gasteiger partial charge in [0.15, 0.2) is 0 Å². The van der Waals surface area contributed by atoms with Crippen molar-refractivity contribution in [2.45, 2.75) is 20.3 Å². The van der Waals surface area contributed by atoms with Crippen LogP contribution in [-0.2, 0) is 9.53 Å². The lowest BCUT2D eigenvalue weighted by Gasteiger charge is -1.99. The second-order valence-electron chi connectivity index (χ2n) is 2.73. The molecule has 0 aromatic rings. The molecule has 0 spiro atoms. The third-order valence-corrected chi connectivity index (χ3v) is 1.39. The van der Waals surface area contributed by atoms with Crippen molar-refractivity contribution < 1.29 is 9.53 Å². The van der Waals surface area contributed by atoms with Crippen LogP contribution >= 0.6 is 0 Å². The van der Waals surface area contributed by atoms with Crippen molar-refractivity contribution in [3.8, 4) is 0 Å². The summed E-state index contributed by atoms with van der Waals surface area (Å²) in [6.45, 7) is 7.50. The third kappa shape index (κ3) is 7.19. The molecule has 0 heterocycles. The van der Waals surface area contributed by atoms with Gasteiger partial charge in [-0.05, 0) is 0 Å². The Kier molecular flexibility index (Phi) is 6.25. The lowest BCUT2D eigenvalue weighted by Crippen LogP contribution is -1.98. The highest BCUT2D eigenvalue weighted by atomic mass is 16.5. The zero-order chi connectivity index (χ0) is 9.40. The van der Waals surface area contributed by atoms with E-state index in [-0.39, 0.29) is 5.97 Å². The summed E-state index contributed by atoms with van der Waals surface area (Å²) in [4.78, 5) is 10.3. The minimum Gasteiger partial charge on any atom is -0.462 e. The zero-order valence-corrected chi connectivity index (χ0v) is 7.75. The van der Waals surface area contributed by atoms with Gasteiger partial charge in [-0.2, -0.15) is 0 Å². The zero-order valence-electron chi connectivity index (χ0n) is 7.75. The molecule has 0 saturated carbocycles. The SMILES string of the molecule is [CH2-][CH+]C[C@H](C)/C=C\COC(C)=O. The molecule has 0 aromatic carbocycles. The van der Waals surface area contributed by atoms with Gasteiger partial charge >= 0.3 is 5.97 Å². The molecular formula is C10H16O2. The molecule has 0 rings (SSSR count). The Labute approximate surface area is 74.6 Å². The van der Waals surface area contributed by atoms with Crippen LogP contribution in [0.4, 0.5) is 0 Å². The molecular weight excluding hydrogens is 152 g/mol. The van der Waals surface area contributed by atoms with Gasteiger partial charge in [0.1, 0.15) is 6.61 Å². The molecule has 2 heteroatoms. The van der Waals surface area contributed by atoms with Crippen LogP contribution in [0.3, 0.4) is 0 Å². The van der Waals surface area contributed by atoms with E-state index in [0.29, 0.717) is 12.5 Å². The van der Waals surface area contributed by atoms with Crippen LogP contribution in [0, 0.1) is 19.3 Å². The Hall–Kier alpha value is -0.920. The second kappa shape index (κ2) is 6.77. The first-order valence-corrected chi connectivity index (χ1v) is 4.07. The highest BCUT2D eigenvalue weighted by Gasteiger charge is 1.96. The molecule has 68 valence electrons. The largest absolute Gasteiger partial charge is 0.462 e. The van der Waals surface area contributed by atoms with E-state index < -0.39 is 0 Å². The molecule has 1 atom stereocenters. The third-order valence-electron chi connectivity index (χ3n) is 1.39. The Morgan fingerprint density at radius 3 is 2.92 bits per heavy atom. The second-order valence-corrected chi connectivity index (χ2v) is 2.73. The summed E-state index contributed by atoms with van der Waals surface area (Å²) in [5.74, 6) is 0.231. The molecule has 0 aliphatic carbocycles. The number of ether oxygens (including phenoxy) is 1. The van der Waals surface area contributed by atoms with Gasteiger partial charge in [0, 0.05) is 12.8 Å². The van der Waals surface area contributed by atoms with E-state index >= 15 is 0 Å². The van der Waals surface area contributed by atoms with Gasteiger partial charge in [-0.3, -0.25) is 4.79 Å². The standard InChI is InChI=1S/C10H16O2/c1-4-6-9(2)7-5-8-12-10(3)11/h4-5,7,9H,1,6,8H2,2-3H3/b7-5-/t9-/m0/s1. The van der Waals surface area contributed by atoms with Crippen LogP contribution in [0.25, 0.3) is 0 Å². The lowest BCUT2D eigenvalue weighted by molar-refractivity contribution is -0.139. The summed E-state index contributed by atoms with van der Waals surface area (Å²) in [5, 5.41) is 0. The van der Waals surface area contributed by atoms with Gasteiger partial charge in [0.25, 0.3) is 0 Å². The van der Waals surface area contributed by atoms with Crippen molar-refractivity contribution in [1.29, 1.82) is 0 Å². The molecule has 2 nitrogen and oxygen atoms in total. The predicted octanol–water partition coefficient (Wildman–Crippen LogP) is 2.17. The minimum atomic E-state index is -0.240. The van der Waals surface area contributed by atoms with Crippen LogP contribution in [-0.4, -0.2) is 12.6 Å². The van der Waals surface area contributed by atoms with E-state index in [2.05, 4.69) is 13.8 Å². The van der Waals surface area contributed by atoms with Crippen molar-refractivity contribution in [2.24, 2.45) is 5.92 Å². The topological polar surface area (TPSA) is 26.3 Å². The smallest absolute Gasteiger partial charge is 0.302 e. The summed E-state index contributed by atoms with van der Waals surface area (Å²) in [6, 6.07) is 0. The highest BCUT2D eigenvalue weighted by molar-refractivity contribution is 5.65. The normalized spacial score (nSPS) is 12.9. The van der Waals surface area contributed by atoms with E-state index in [9.17, 15) is 4.79 Å². The molecule has 0 amide bonds. The molecule has 0 fully saturated rings. The van der Waals surface area contributed by atoms with Crippen LogP contribution in [0.2, 0.25) is 0 Å². The van der Waals surface area contributed by atoms with Crippen molar-refractivity contribution >= 4 is 5.97 Å². The predicted molar refractivity (Wildman–Crippen MR) is 49.2 cm³/mol. The highest BCUT2D eigenvalue weighted by Crippen LogP contribution is 2.04. The fourth-order valence-electron chi connectivity index (χ4n) is 0.795. The lowest BCUT2D eigenvalue weighted by atomic mass is 10.1.